The van der Waals surface area contributed by atoms with Gasteiger partial charge in [-0.25, -0.2) is 0 Å². The summed E-state index contributed by atoms with van der Waals surface area (Å²) in [4.78, 5) is 2.38. The molecule has 0 atom stereocenters. The summed E-state index contributed by atoms with van der Waals surface area (Å²) in [6.45, 7) is 7.68. The van der Waals surface area contributed by atoms with Gasteiger partial charge >= 0.3 is 0 Å². The molecule has 0 aliphatic heterocycles. The fraction of sp³-hybridized carbons (Fsp3) is 0.500. The molecule has 0 heterocycles. The molecular formula is C12H19BrN2. The molecule has 0 aliphatic carbocycles. The van der Waals surface area contributed by atoms with Crippen LogP contribution in [0.1, 0.15) is 27.2 Å². The highest BCUT2D eigenvalue weighted by molar-refractivity contribution is 9.10. The first-order chi connectivity index (χ1) is 7.06. The summed E-state index contributed by atoms with van der Waals surface area (Å²) < 4.78 is 1.07. The molecule has 0 bridgehead atoms. The van der Waals surface area contributed by atoms with E-state index in [4.69, 9.17) is 5.73 Å². The van der Waals surface area contributed by atoms with Crippen LogP contribution in [0.4, 0.5) is 11.4 Å². The van der Waals surface area contributed by atoms with Crippen LogP contribution in [0.3, 0.4) is 0 Å². The summed E-state index contributed by atoms with van der Waals surface area (Å²) in [5.41, 5.74) is 7.75. The van der Waals surface area contributed by atoms with Gasteiger partial charge < -0.3 is 10.6 Å². The van der Waals surface area contributed by atoms with Crippen LogP contribution in [0, 0.1) is 0 Å². The molecule has 0 fully saturated rings. The number of hydrogen-bond donors (Lipinski definition) is 1. The summed E-state index contributed by atoms with van der Waals surface area (Å²) in [6, 6.07) is 6.49. The Labute approximate surface area is 101 Å². The van der Waals surface area contributed by atoms with Gasteiger partial charge in [0.1, 0.15) is 0 Å². The lowest BCUT2D eigenvalue weighted by atomic mass is 10.2. The minimum atomic E-state index is 0.505. The van der Waals surface area contributed by atoms with Crippen LogP contribution in [0.5, 0.6) is 0 Å². The number of benzene rings is 1. The molecule has 0 unspecified atom stereocenters. The summed E-state index contributed by atoms with van der Waals surface area (Å²) in [6.07, 6.45) is 1.15. The lowest BCUT2D eigenvalue weighted by Gasteiger charge is -2.29. The Balaban J connectivity index is 3.00. The van der Waals surface area contributed by atoms with Crippen molar-refractivity contribution in [1.82, 2.24) is 0 Å². The van der Waals surface area contributed by atoms with Crippen LogP contribution in [0.2, 0.25) is 0 Å². The van der Waals surface area contributed by atoms with Crippen molar-refractivity contribution in [2.24, 2.45) is 0 Å². The van der Waals surface area contributed by atoms with Gasteiger partial charge in [0.15, 0.2) is 0 Å². The highest BCUT2D eigenvalue weighted by Crippen LogP contribution is 2.29. The molecular weight excluding hydrogens is 252 g/mol. The predicted molar refractivity (Wildman–Crippen MR) is 71.3 cm³/mol. The lowest BCUT2D eigenvalue weighted by Crippen LogP contribution is -2.31. The van der Waals surface area contributed by atoms with Crippen molar-refractivity contribution in [3.8, 4) is 0 Å². The smallest absolute Gasteiger partial charge is 0.0514 e. The molecule has 0 radical (unpaired) electrons. The van der Waals surface area contributed by atoms with E-state index < -0.39 is 0 Å². The molecule has 0 aromatic heterocycles. The van der Waals surface area contributed by atoms with E-state index in [1.54, 1.807) is 0 Å². The maximum atomic E-state index is 5.73. The molecule has 0 spiro atoms. The third-order valence-electron chi connectivity index (χ3n) is 2.37. The molecule has 1 rings (SSSR count). The quantitative estimate of drug-likeness (QED) is 0.847. The number of nitrogens with zero attached hydrogens (tertiary/aromatic N) is 1. The van der Waals surface area contributed by atoms with Gasteiger partial charge in [-0.05, 0) is 54.4 Å². The largest absolute Gasteiger partial charge is 0.399 e. The van der Waals surface area contributed by atoms with Crippen molar-refractivity contribution < 1.29 is 0 Å². The second-order valence-electron chi connectivity index (χ2n) is 4.00. The number of halogens is 1. The molecule has 2 N–H and O–H groups in total. The van der Waals surface area contributed by atoms with Crippen LogP contribution in [-0.4, -0.2) is 12.6 Å². The second-order valence-corrected chi connectivity index (χ2v) is 4.85. The number of nitrogens with two attached hydrogens (primary N) is 1. The van der Waals surface area contributed by atoms with Gasteiger partial charge in [0.05, 0.1) is 5.69 Å². The lowest BCUT2D eigenvalue weighted by molar-refractivity contribution is 0.670. The van der Waals surface area contributed by atoms with Gasteiger partial charge in [0, 0.05) is 22.7 Å². The van der Waals surface area contributed by atoms with Crippen molar-refractivity contribution in [2.75, 3.05) is 17.2 Å². The van der Waals surface area contributed by atoms with E-state index in [2.05, 4.69) is 47.7 Å². The topological polar surface area (TPSA) is 29.3 Å². The van der Waals surface area contributed by atoms with Crippen molar-refractivity contribution in [3.05, 3.63) is 22.7 Å². The monoisotopic (exact) mass is 270 g/mol. The molecule has 0 saturated carbocycles. The van der Waals surface area contributed by atoms with Crippen LogP contribution in [0.25, 0.3) is 0 Å². The standard InChI is InChI=1S/C12H19BrN2/c1-4-7-15(9(2)3)12-6-5-10(14)8-11(12)13/h5-6,8-9H,4,7,14H2,1-3H3. The third-order valence-corrected chi connectivity index (χ3v) is 3.00. The molecule has 3 heteroatoms. The van der Waals surface area contributed by atoms with E-state index in [1.807, 2.05) is 12.1 Å². The summed E-state index contributed by atoms with van der Waals surface area (Å²) in [5.74, 6) is 0. The average molecular weight is 271 g/mol. The van der Waals surface area contributed by atoms with Gasteiger partial charge in [0.2, 0.25) is 0 Å². The Bertz CT molecular complexity index is 323. The van der Waals surface area contributed by atoms with Crippen LogP contribution in [-0.2, 0) is 0 Å². The molecule has 15 heavy (non-hydrogen) atoms. The summed E-state index contributed by atoms with van der Waals surface area (Å²) >= 11 is 3.56. The van der Waals surface area contributed by atoms with E-state index in [-0.39, 0.29) is 0 Å². The molecule has 1 aromatic carbocycles. The Morgan fingerprint density at radius 3 is 2.53 bits per heavy atom. The molecule has 0 aliphatic rings. The van der Waals surface area contributed by atoms with Gasteiger partial charge in [-0.1, -0.05) is 6.92 Å². The Morgan fingerprint density at radius 1 is 1.40 bits per heavy atom. The Hall–Kier alpha value is -0.700. The van der Waals surface area contributed by atoms with Crippen molar-refractivity contribution in [3.63, 3.8) is 0 Å². The van der Waals surface area contributed by atoms with Crippen LogP contribution < -0.4 is 10.6 Å². The van der Waals surface area contributed by atoms with Crippen molar-refractivity contribution in [1.29, 1.82) is 0 Å². The van der Waals surface area contributed by atoms with E-state index >= 15 is 0 Å². The second kappa shape index (κ2) is 5.40. The minimum absolute atomic E-state index is 0.505. The number of nitrogen functional groups attached to an aromatic ring is 1. The molecule has 0 amide bonds. The molecule has 1 aromatic rings. The predicted octanol–water partition coefficient (Wildman–Crippen LogP) is 3.66. The molecule has 2 nitrogen and oxygen atoms in total. The van der Waals surface area contributed by atoms with Crippen LogP contribution in [0.15, 0.2) is 22.7 Å². The fourth-order valence-electron chi connectivity index (χ4n) is 1.65. The zero-order valence-electron chi connectivity index (χ0n) is 9.63. The van der Waals surface area contributed by atoms with Gasteiger partial charge in [0.25, 0.3) is 0 Å². The first kappa shape index (κ1) is 12.4. The zero-order chi connectivity index (χ0) is 11.4. The average Bonchev–Trinajstić information content (AvgIpc) is 2.15. The molecule has 0 saturated heterocycles. The first-order valence-corrected chi connectivity index (χ1v) is 6.17. The summed E-state index contributed by atoms with van der Waals surface area (Å²) in [7, 11) is 0. The van der Waals surface area contributed by atoms with Gasteiger partial charge in [-0.3, -0.25) is 0 Å². The van der Waals surface area contributed by atoms with Crippen molar-refractivity contribution in [2.45, 2.75) is 33.2 Å². The normalized spacial score (nSPS) is 10.7. The zero-order valence-corrected chi connectivity index (χ0v) is 11.2. The van der Waals surface area contributed by atoms with E-state index in [1.165, 1.54) is 5.69 Å². The van der Waals surface area contributed by atoms with Crippen molar-refractivity contribution >= 4 is 27.3 Å². The number of hydrogen-bond acceptors (Lipinski definition) is 2. The maximum Gasteiger partial charge on any atom is 0.0514 e. The van der Waals surface area contributed by atoms with E-state index in [9.17, 15) is 0 Å². The fourth-order valence-corrected chi connectivity index (χ4v) is 2.28. The van der Waals surface area contributed by atoms with Crippen LogP contribution >= 0.6 is 15.9 Å². The highest BCUT2D eigenvalue weighted by Gasteiger charge is 2.12. The first-order valence-electron chi connectivity index (χ1n) is 5.38. The maximum absolute atomic E-state index is 5.73. The number of rotatable bonds is 4. The SMILES string of the molecule is CCCN(c1ccc(N)cc1Br)C(C)C. The Morgan fingerprint density at radius 2 is 2.07 bits per heavy atom. The number of anilines is 2. The van der Waals surface area contributed by atoms with E-state index in [0.717, 1.165) is 23.1 Å². The molecule has 84 valence electrons. The highest BCUT2D eigenvalue weighted by atomic mass is 79.9. The van der Waals surface area contributed by atoms with E-state index in [0.29, 0.717) is 6.04 Å². The Kier molecular flexibility index (Phi) is 4.45. The minimum Gasteiger partial charge on any atom is -0.399 e. The summed E-state index contributed by atoms with van der Waals surface area (Å²) in [5, 5.41) is 0. The van der Waals surface area contributed by atoms with Gasteiger partial charge in [-0.2, -0.15) is 0 Å². The van der Waals surface area contributed by atoms with Gasteiger partial charge in [-0.15, -0.1) is 0 Å². The third kappa shape index (κ3) is 3.13.